The molecule has 1 aromatic carbocycles. The second-order valence-electron chi connectivity index (χ2n) is 3.90. The Bertz CT molecular complexity index is 351. The first kappa shape index (κ1) is 14.7. The van der Waals surface area contributed by atoms with Crippen molar-refractivity contribution < 1.29 is 9.90 Å². The van der Waals surface area contributed by atoms with Crippen molar-refractivity contribution in [2.75, 3.05) is 12.4 Å². The van der Waals surface area contributed by atoms with Crippen molar-refractivity contribution in [3.63, 3.8) is 0 Å². The van der Waals surface area contributed by atoms with Gasteiger partial charge in [0, 0.05) is 21.7 Å². The average molecular weight is 317 g/mol. The Morgan fingerprint density at radius 3 is 2.65 bits per heavy atom. The molecule has 0 bridgehead atoms. The lowest BCUT2D eigenvalue weighted by Gasteiger charge is -2.06. The van der Waals surface area contributed by atoms with Gasteiger partial charge in [0.2, 0.25) is 0 Å². The number of carbonyl (C=O) groups is 1. The van der Waals surface area contributed by atoms with Crippen LogP contribution >= 0.6 is 27.7 Å². The molecular formula is C13H17BrO2S. The third-order valence-corrected chi connectivity index (χ3v) is 4.15. The number of benzene rings is 1. The van der Waals surface area contributed by atoms with E-state index in [0.717, 1.165) is 22.2 Å². The van der Waals surface area contributed by atoms with E-state index in [1.54, 1.807) is 11.8 Å². The van der Waals surface area contributed by atoms with Crippen LogP contribution in [-0.4, -0.2) is 28.5 Å². The molecule has 1 rings (SSSR count). The molecule has 1 atom stereocenters. The van der Waals surface area contributed by atoms with Crippen molar-refractivity contribution >= 4 is 33.5 Å². The van der Waals surface area contributed by atoms with Crippen molar-refractivity contribution in [1.82, 2.24) is 0 Å². The molecule has 1 aromatic rings. The predicted molar refractivity (Wildman–Crippen MR) is 76.7 cm³/mol. The Labute approximate surface area is 115 Å². The van der Waals surface area contributed by atoms with E-state index < -0.39 is 0 Å². The minimum Gasteiger partial charge on any atom is -0.395 e. The molecule has 0 saturated heterocycles. The lowest BCUT2D eigenvalue weighted by molar-refractivity contribution is 0.0982. The zero-order valence-electron chi connectivity index (χ0n) is 9.86. The average Bonchev–Trinajstić information content (AvgIpc) is 2.34. The van der Waals surface area contributed by atoms with Gasteiger partial charge in [0.15, 0.2) is 5.78 Å². The summed E-state index contributed by atoms with van der Waals surface area (Å²) in [5.41, 5.74) is 0.772. The summed E-state index contributed by atoms with van der Waals surface area (Å²) in [7, 11) is 0. The highest BCUT2D eigenvalue weighted by atomic mass is 79.9. The number of halogens is 1. The highest BCUT2D eigenvalue weighted by molar-refractivity contribution is 9.10. The molecule has 0 heterocycles. The van der Waals surface area contributed by atoms with Gasteiger partial charge in [0.05, 0.1) is 6.61 Å². The molecule has 0 amide bonds. The standard InChI is InChI=1S/C13H17BrO2S/c1-10(9-15)17-8-2-3-13(16)11-4-6-12(14)7-5-11/h4-7,10,15H,2-3,8-9H2,1H3. The van der Waals surface area contributed by atoms with Gasteiger partial charge in [-0.1, -0.05) is 35.0 Å². The van der Waals surface area contributed by atoms with Gasteiger partial charge in [-0.15, -0.1) is 0 Å². The van der Waals surface area contributed by atoms with E-state index in [-0.39, 0.29) is 17.6 Å². The summed E-state index contributed by atoms with van der Waals surface area (Å²) >= 11 is 5.05. The van der Waals surface area contributed by atoms with Gasteiger partial charge < -0.3 is 5.11 Å². The van der Waals surface area contributed by atoms with Crippen LogP contribution in [0.15, 0.2) is 28.7 Å². The number of Topliss-reactive ketones (excluding diaryl/α,β-unsaturated/α-hetero) is 1. The van der Waals surface area contributed by atoms with Crippen LogP contribution in [0.2, 0.25) is 0 Å². The Kier molecular flexibility index (Phi) is 6.85. The molecule has 0 aliphatic carbocycles. The molecule has 0 saturated carbocycles. The van der Waals surface area contributed by atoms with Crippen LogP contribution in [0.5, 0.6) is 0 Å². The number of rotatable bonds is 7. The normalized spacial score (nSPS) is 12.4. The molecule has 94 valence electrons. The van der Waals surface area contributed by atoms with Crippen molar-refractivity contribution in [3.05, 3.63) is 34.3 Å². The second kappa shape index (κ2) is 7.90. The third kappa shape index (κ3) is 5.70. The van der Waals surface area contributed by atoms with Gasteiger partial charge in [0.1, 0.15) is 0 Å². The molecular weight excluding hydrogens is 300 g/mol. The summed E-state index contributed by atoms with van der Waals surface area (Å²) in [6.07, 6.45) is 1.44. The largest absolute Gasteiger partial charge is 0.395 e. The van der Waals surface area contributed by atoms with Crippen molar-refractivity contribution in [1.29, 1.82) is 0 Å². The van der Waals surface area contributed by atoms with E-state index in [9.17, 15) is 4.79 Å². The Balaban J connectivity index is 2.28. The molecule has 1 N–H and O–H groups in total. The number of thioether (sulfide) groups is 1. The van der Waals surface area contributed by atoms with Crippen molar-refractivity contribution in [2.45, 2.75) is 25.0 Å². The van der Waals surface area contributed by atoms with Crippen LogP contribution in [0.4, 0.5) is 0 Å². The highest BCUT2D eigenvalue weighted by Crippen LogP contribution is 2.15. The fourth-order valence-corrected chi connectivity index (χ4v) is 2.43. The van der Waals surface area contributed by atoms with Gasteiger partial charge in [-0.3, -0.25) is 4.79 Å². The third-order valence-electron chi connectivity index (χ3n) is 2.37. The number of hydrogen-bond acceptors (Lipinski definition) is 3. The molecule has 0 fully saturated rings. The van der Waals surface area contributed by atoms with E-state index in [2.05, 4.69) is 15.9 Å². The number of carbonyl (C=O) groups excluding carboxylic acids is 1. The van der Waals surface area contributed by atoms with Gasteiger partial charge in [0.25, 0.3) is 0 Å². The Morgan fingerprint density at radius 1 is 1.41 bits per heavy atom. The topological polar surface area (TPSA) is 37.3 Å². The van der Waals surface area contributed by atoms with Crippen LogP contribution in [-0.2, 0) is 0 Å². The summed E-state index contributed by atoms with van der Waals surface area (Å²) in [6.45, 7) is 2.19. The quantitative estimate of drug-likeness (QED) is 0.617. The maximum absolute atomic E-state index is 11.8. The summed E-state index contributed by atoms with van der Waals surface area (Å²) in [6, 6.07) is 7.46. The minimum atomic E-state index is 0.190. The summed E-state index contributed by atoms with van der Waals surface area (Å²) in [5, 5.41) is 9.12. The van der Waals surface area contributed by atoms with Crippen molar-refractivity contribution in [2.24, 2.45) is 0 Å². The second-order valence-corrected chi connectivity index (χ2v) is 6.36. The Morgan fingerprint density at radius 2 is 2.06 bits per heavy atom. The Hall–Kier alpha value is -0.320. The lowest BCUT2D eigenvalue weighted by atomic mass is 10.1. The fraction of sp³-hybridized carbons (Fsp3) is 0.462. The van der Waals surface area contributed by atoms with Crippen molar-refractivity contribution in [3.8, 4) is 0 Å². The first-order valence-electron chi connectivity index (χ1n) is 5.64. The van der Waals surface area contributed by atoms with E-state index in [1.165, 1.54) is 0 Å². The summed E-state index contributed by atoms with van der Waals surface area (Å²) in [4.78, 5) is 11.8. The monoisotopic (exact) mass is 316 g/mol. The van der Waals surface area contributed by atoms with E-state index in [1.807, 2.05) is 31.2 Å². The van der Waals surface area contributed by atoms with Gasteiger partial charge in [-0.05, 0) is 24.3 Å². The molecule has 2 nitrogen and oxygen atoms in total. The zero-order valence-corrected chi connectivity index (χ0v) is 12.3. The van der Waals surface area contributed by atoms with Gasteiger partial charge in [-0.25, -0.2) is 0 Å². The molecule has 0 aliphatic rings. The maximum atomic E-state index is 11.8. The minimum absolute atomic E-state index is 0.190. The molecule has 0 aromatic heterocycles. The van der Waals surface area contributed by atoms with Crippen LogP contribution in [0, 0.1) is 0 Å². The van der Waals surface area contributed by atoms with Crippen LogP contribution in [0.1, 0.15) is 30.1 Å². The number of ketones is 1. The van der Waals surface area contributed by atoms with Gasteiger partial charge in [-0.2, -0.15) is 11.8 Å². The predicted octanol–water partition coefficient (Wildman–Crippen LogP) is 3.53. The SMILES string of the molecule is CC(CO)SCCCC(=O)c1ccc(Br)cc1. The smallest absolute Gasteiger partial charge is 0.162 e. The highest BCUT2D eigenvalue weighted by Gasteiger charge is 2.06. The lowest BCUT2D eigenvalue weighted by Crippen LogP contribution is -2.04. The molecule has 17 heavy (non-hydrogen) atoms. The van der Waals surface area contributed by atoms with E-state index in [4.69, 9.17) is 5.11 Å². The molecule has 0 spiro atoms. The first-order valence-corrected chi connectivity index (χ1v) is 7.49. The van der Waals surface area contributed by atoms with E-state index >= 15 is 0 Å². The summed E-state index contributed by atoms with van der Waals surface area (Å²) < 4.78 is 0.987. The fourth-order valence-electron chi connectivity index (χ4n) is 1.35. The zero-order chi connectivity index (χ0) is 12.7. The molecule has 0 radical (unpaired) electrons. The molecule has 0 aliphatic heterocycles. The van der Waals surface area contributed by atoms with Crippen LogP contribution in [0.3, 0.4) is 0 Å². The maximum Gasteiger partial charge on any atom is 0.162 e. The van der Waals surface area contributed by atoms with E-state index in [0.29, 0.717) is 6.42 Å². The molecule has 1 unspecified atom stereocenters. The van der Waals surface area contributed by atoms with Crippen LogP contribution < -0.4 is 0 Å². The summed E-state index contributed by atoms with van der Waals surface area (Å²) in [5.74, 6) is 1.11. The number of aliphatic hydroxyl groups is 1. The van der Waals surface area contributed by atoms with Gasteiger partial charge >= 0.3 is 0 Å². The number of hydrogen-bond donors (Lipinski definition) is 1. The first-order chi connectivity index (χ1) is 8.13. The number of aliphatic hydroxyl groups excluding tert-OH is 1. The van der Waals surface area contributed by atoms with Crippen LogP contribution in [0.25, 0.3) is 0 Å². The molecule has 4 heteroatoms.